The van der Waals surface area contributed by atoms with Crippen LogP contribution in [0.2, 0.25) is 0 Å². The lowest BCUT2D eigenvalue weighted by molar-refractivity contribution is 0.452. The summed E-state index contributed by atoms with van der Waals surface area (Å²) in [5, 5.41) is 0. The van der Waals surface area contributed by atoms with Crippen LogP contribution in [0.25, 0.3) is 0 Å². The van der Waals surface area contributed by atoms with Gasteiger partial charge in [-0.25, -0.2) is 18.1 Å². The van der Waals surface area contributed by atoms with Gasteiger partial charge in [-0.3, -0.25) is 0 Å². The maximum atomic E-state index is 12.1. The Morgan fingerprint density at radius 1 is 1.40 bits per heavy atom. The van der Waals surface area contributed by atoms with E-state index >= 15 is 0 Å². The predicted octanol–water partition coefficient (Wildman–Crippen LogP) is 2.79. The summed E-state index contributed by atoms with van der Waals surface area (Å²) in [6, 6.07) is 4.87. The van der Waals surface area contributed by atoms with Crippen molar-refractivity contribution >= 4 is 26.0 Å². The quantitative estimate of drug-likeness (QED) is 0.891. The zero-order valence-corrected chi connectivity index (χ0v) is 13.6. The molecule has 0 aliphatic heterocycles. The summed E-state index contributed by atoms with van der Waals surface area (Å²) >= 11 is 3.34. The van der Waals surface area contributed by atoms with E-state index in [9.17, 15) is 8.42 Å². The molecule has 108 valence electrons. The zero-order valence-electron chi connectivity index (χ0n) is 11.2. The van der Waals surface area contributed by atoms with Crippen molar-refractivity contribution in [2.24, 2.45) is 0 Å². The first-order chi connectivity index (χ1) is 9.42. The Morgan fingerprint density at radius 2 is 2.15 bits per heavy atom. The summed E-state index contributed by atoms with van der Waals surface area (Å²) in [7, 11) is -3.57. The topological polar surface area (TPSA) is 72.2 Å². The van der Waals surface area contributed by atoms with Crippen LogP contribution in [0.3, 0.4) is 0 Å². The van der Waals surface area contributed by atoms with E-state index in [1.54, 1.807) is 24.4 Å². The van der Waals surface area contributed by atoms with E-state index in [-0.39, 0.29) is 11.4 Å². The molecule has 0 aliphatic rings. The van der Waals surface area contributed by atoms with E-state index < -0.39 is 10.0 Å². The molecule has 0 amide bonds. The molecule has 0 radical (unpaired) electrons. The van der Waals surface area contributed by atoms with Crippen molar-refractivity contribution in [3.05, 3.63) is 46.1 Å². The lowest BCUT2D eigenvalue weighted by Gasteiger charge is -2.06. The molecule has 2 aromatic rings. The fourth-order valence-corrected chi connectivity index (χ4v) is 2.92. The minimum absolute atomic E-state index is 0.0391. The minimum Gasteiger partial charge on any atom is -0.444 e. The second kappa shape index (κ2) is 6.07. The molecule has 5 nitrogen and oxygen atoms in total. The van der Waals surface area contributed by atoms with Gasteiger partial charge in [-0.05, 0) is 30.7 Å². The highest BCUT2D eigenvalue weighted by Crippen LogP contribution is 2.20. The molecule has 20 heavy (non-hydrogen) atoms. The monoisotopic (exact) mass is 358 g/mol. The van der Waals surface area contributed by atoms with Gasteiger partial charge in [0, 0.05) is 10.9 Å². The Kier molecular flexibility index (Phi) is 4.62. The second-order valence-electron chi connectivity index (χ2n) is 4.31. The number of oxazole rings is 1. The summed E-state index contributed by atoms with van der Waals surface area (Å²) in [6.45, 7) is 3.82. The Morgan fingerprint density at radius 3 is 2.75 bits per heavy atom. The number of aromatic nitrogens is 1. The fourth-order valence-electron chi connectivity index (χ4n) is 1.62. The van der Waals surface area contributed by atoms with Crippen molar-refractivity contribution in [2.45, 2.75) is 31.7 Å². The molecule has 0 bridgehead atoms. The number of rotatable bonds is 5. The number of benzene rings is 1. The highest BCUT2D eigenvalue weighted by molar-refractivity contribution is 9.10. The molecule has 1 aromatic heterocycles. The van der Waals surface area contributed by atoms with Crippen molar-refractivity contribution in [3.8, 4) is 0 Å². The van der Waals surface area contributed by atoms with Crippen LogP contribution in [-0.4, -0.2) is 13.4 Å². The predicted molar refractivity (Wildman–Crippen MR) is 78.8 cm³/mol. The molecule has 0 atom stereocenters. The van der Waals surface area contributed by atoms with Crippen molar-refractivity contribution in [3.63, 3.8) is 0 Å². The zero-order chi connectivity index (χ0) is 14.8. The van der Waals surface area contributed by atoms with Crippen LogP contribution < -0.4 is 4.72 Å². The lowest BCUT2D eigenvalue weighted by atomic mass is 10.2. The number of sulfonamides is 1. The van der Waals surface area contributed by atoms with Gasteiger partial charge in [-0.15, -0.1) is 0 Å². The number of hydrogen-bond acceptors (Lipinski definition) is 4. The molecular weight excluding hydrogens is 344 g/mol. The molecule has 1 aromatic carbocycles. The standard InChI is InChI=1S/C13H15BrN2O3S/c1-3-10-7-15-13(19-10)8-16-20(17,18)11-4-5-12(14)9(2)6-11/h4-7,16H,3,8H2,1-2H3. The third kappa shape index (κ3) is 3.47. The average molecular weight is 359 g/mol. The molecule has 0 unspecified atom stereocenters. The van der Waals surface area contributed by atoms with Gasteiger partial charge >= 0.3 is 0 Å². The number of halogens is 1. The number of aryl methyl sites for hydroxylation is 2. The van der Waals surface area contributed by atoms with Gasteiger partial charge in [0.2, 0.25) is 15.9 Å². The summed E-state index contributed by atoms with van der Waals surface area (Å²) in [6.07, 6.45) is 2.33. The third-order valence-electron chi connectivity index (χ3n) is 2.80. The maximum Gasteiger partial charge on any atom is 0.241 e. The molecule has 2 rings (SSSR count). The van der Waals surface area contributed by atoms with Crippen LogP contribution in [-0.2, 0) is 23.0 Å². The Hall–Kier alpha value is -1.18. The van der Waals surface area contributed by atoms with Gasteiger partial charge in [-0.2, -0.15) is 0 Å². The van der Waals surface area contributed by atoms with E-state index in [1.807, 2.05) is 13.8 Å². The normalized spacial score (nSPS) is 11.8. The SMILES string of the molecule is CCc1cnc(CNS(=O)(=O)c2ccc(Br)c(C)c2)o1. The molecule has 1 heterocycles. The highest BCUT2D eigenvalue weighted by atomic mass is 79.9. The number of nitrogens with zero attached hydrogens (tertiary/aromatic N) is 1. The number of hydrogen-bond donors (Lipinski definition) is 1. The summed E-state index contributed by atoms with van der Waals surface area (Å²) in [4.78, 5) is 4.24. The van der Waals surface area contributed by atoms with E-state index in [1.165, 1.54) is 0 Å². The lowest BCUT2D eigenvalue weighted by Crippen LogP contribution is -2.23. The Bertz CT molecular complexity index is 710. The van der Waals surface area contributed by atoms with E-state index in [0.29, 0.717) is 5.89 Å². The van der Waals surface area contributed by atoms with Crippen LogP contribution in [0, 0.1) is 6.92 Å². The smallest absolute Gasteiger partial charge is 0.241 e. The molecule has 0 saturated heterocycles. The molecule has 7 heteroatoms. The molecule has 0 aliphatic carbocycles. The molecule has 1 N–H and O–H groups in total. The van der Waals surface area contributed by atoms with Gasteiger partial charge in [0.25, 0.3) is 0 Å². The molecule has 0 spiro atoms. The molecule has 0 fully saturated rings. The van der Waals surface area contributed by atoms with Gasteiger partial charge < -0.3 is 4.42 Å². The van der Waals surface area contributed by atoms with Crippen LogP contribution in [0.1, 0.15) is 24.1 Å². The van der Waals surface area contributed by atoms with Crippen LogP contribution in [0.15, 0.2) is 38.2 Å². The first kappa shape index (κ1) is 15.2. The van der Waals surface area contributed by atoms with Gasteiger partial charge in [0.1, 0.15) is 5.76 Å². The average Bonchev–Trinajstić information content (AvgIpc) is 2.87. The third-order valence-corrected chi connectivity index (χ3v) is 5.09. The van der Waals surface area contributed by atoms with E-state index in [4.69, 9.17) is 4.42 Å². The van der Waals surface area contributed by atoms with Gasteiger partial charge in [0.15, 0.2) is 0 Å². The maximum absolute atomic E-state index is 12.1. The van der Waals surface area contributed by atoms with E-state index in [0.717, 1.165) is 22.2 Å². The fraction of sp³-hybridized carbons (Fsp3) is 0.308. The van der Waals surface area contributed by atoms with Crippen molar-refractivity contribution in [1.29, 1.82) is 0 Å². The minimum atomic E-state index is -3.57. The van der Waals surface area contributed by atoms with Crippen LogP contribution in [0.5, 0.6) is 0 Å². The summed E-state index contributed by atoms with van der Waals surface area (Å²) in [5.41, 5.74) is 0.859. The molecule has 0 saturated carbocycles. The summed E-state index contributed by atoms with van der Waals surface area (Å²) in [5.74, 6) is 1.10. The largest absolute Gasteiger partial charge is 0.444 e. The van der Waals surface area contributed by atoms with Gasteiger partial charge in [0.05, 0.1) is 17.6 Å². The first-order valence-electron chi connectivity index (χ1n) is 6.12. The highest BCUT2D eigenvalue weighted by Gasteiger charge is 2.16. The Balaban J connectivity index is 2.12. The molecular formula is C13H15BrN2O3S. The van der Waals surface area contributed by atoms with Gasteiger partial charge in [-0.1, -0.05) is 22.9 Å². The van der Waals surface area contributed by atoms with E-state index in [2.05, 4.69) is 25.6 Å². The van der Waals surface area contributed by atoms with Crippen molar-refractivity contribution in [1.82, 2.24) is 9.71 Å². The number of nitrogens with one attached hydrogen (secondary N) is 1. The first-order valence-corrected chi connectivity index (χ1v) is 8.39. The van der Waals surface area contributed by atoms with Crippen molar-refractivity contribution in [2.75, 3.05) is 0 Å². The Labute approximate surface area is 126 Å². The van der Waals surface area contributed by atoms with Crippen molar-refractivity contribution < 1.29 is 12.8 Å². The van der Waals surface area contributed by atoms with Crippen LogP contribution in [0.4, 0.5) is 0 Å². The van der Waals surface area contributed by atoms with Crippen LogP contribution >= 0.6 is 15.9 Å². The summed E-state index contributed by atoms with van der Waals surface area (Å²) < 4.78 is 33.0. The second-order valence-corrected chi connectivity index (χ2v) is 6.93.